The molecule has 0 saturated heterocycles. The van der Waals surface area contributed by atoms with Crippen LogP contribution in [0.2, 0.25) is 0 Å². The van der Waals surface area contributed by atoms with E-state index < -0.39 is 0 Å². The Morgan fingerprint density at radius 2 is 1.85 bits per heavy atom. The molecular weight excluding hydrogens is 160 g/mol. The van der Waals surface area contributed by atoms with Crippen LogP contribution in [0.3, 0.4) is 0 Å². The van der Waals surface area contributed by atoms with Gasteiger partial charge in [-0.05, 0) is 32.3 Å². The van der Waals surface area contributed by atoms with Crippen LogP contribution in [0.5, 0.6) is 0 Å². The normalized spacial score (nSPS) is 22.0. The highest BCUT2D eigenvalue weighted by atomic mass is 14.8. The van der Waals surface area contributed by atoms with Gasteiger partial charge < -0.3 is 5.73 Å². The third-order valence-electron chi connectivity index (χ3n) is 2.68. The van der Waals surface area contributed by atoms with Crippen molar-refractivity contribution in [3.05, 3.63) is 11.3 Å². The van der Waals surface area contributed by atoms with Crippen LogP contribution in [-0.4, -0.2) is 12.3 Å². The summed E-state index contributed by atoms with van der Waals surface area (Å²) in [5.41, 5.74) is 7.62. The van der Waals surface area contributed by atoms with Crippen molar-refractivity contribution in [2.75, 3.05) is 0 Å². The van der Waals surface area contributed by atoms with Gasteiger partial charge in [0.25, 0.3) is 0 Å². The predicted molar refractivity (Wildman–Crippen MR) is 57.9 cm³/mol. The zero-order valence-corrected chi connectivity index (χ0v) is 8.71. The van der Waals surface area contributed by atoms with Crippen molar-refractivity contribution >= 4 is 6.21 Å². The van der Waals surface area contributed by atoms with Gasteiger partial charge in [-0.2, -0.15) is 0 Å². The molecule has 0 aliphatic heterocycles. The molecule has 0 bridgehead atoms. The molecule has 0 radical (unpaired) electrons. The van der Waals surface area contributed by atoms with Crippen LogP contribution in [0, 0.1) is 0 Å². The molecular formula is C11H20N2. The summed E-state index contributed by atoms with van der Waals surface area (Å²) in [6.45, 7) is 3.93. The van der Waals surface area contributed by atoms with Crippen molar-refractivity contribution in [2.24, 2.45) is 10.7 Å². The molecule has 74 valence electrons. The molecule has 1 fully saturated rings. The number of rotatable bonds is 2. The third-order valence-corrected chi connectivity index (χ3v) is 2.68. The Labute approximate surface area is 80.9 Å². The SMILES string of the molecule is C/C(N)=C(\C)C=NC1CCCCC1. The van der Waals surface area contributed by atoms with Crippen LogP contribution in [0.25, 0.3) is 0 Å². The Balaban J connectivity index is 2.42. The Hall–Kier alpha value is -0.790. The van der Waals surface area contributed by atoms with Crippen LogP contribution in [0.15, 0.2) is 16.3 Å². The average molecular weight is 180 g/mol. The Kier molecular flexibility index (Phi) is 4.00. The van der Waals surface area contributed by atoms with Crippen molar-refractivity contribution < 1.29 is 0 Å². The third kappa shape index (κ3) is 3.62. The molecule has 0 aromatic carbocycles. The highest BCUT2D eigenvalue weighted by Gasteiger charge is 2.10. The van der Waals surface area contributed by atoms with E-state index in [2.05, 4.69) is 4.99 Å². The van der Waals surface area contributed by atoms with E-state index in [9.17, 15) is 0 Å². The minimum Gasteiger partial charge on any atom is -0.402 e. The number of nitrogens with zero attached hydrogens (tertiary/aromatic N) is 1. The van der Waals surface area contributed by atoms with Gasteiger partial charge in [0.05, 0.1) is 0 Å². The largest absolute Gasteiger partial charge is 0.402 e. The number of hydrogen-bond acceptors (Lipinski definition) is 2. The van der Waals surface area contributed by atoms with Gasteiger partial charge in [-0.3, -0.25) is 4.99 Å². The van der Waals surface area contributed by atoms with Crippen molar-refractivity contribution in [3.63, 3.8) is 0 Å². The first-order valence-electron chi connectivity index (χ1n) is 5.16. The minimum absolute atomic E-state index is 0.558. The fourth-order valence-corrected chi connectivity index (χ4v) is 1.55. The van der Waals surface area contributed by atoms with Gasteiger partial charge >= 0.3 is 0 Å². The highest BCUT2D eigenvalue weighted by molar-refractivity contribution is 5.78. The zero-order valence-electron chi connectivity index (χ0n) is 8.71. The molecule has 0 aromatic rings. The first-order valence-corrected chi connectivity index (χ1v) is 5.16. The topological polar surface area (TPSA) is 38.4 Å². The number of aliphatic imine (C=N–C) groups is 1. The second kappa shape index (κ2) is 5.05. The molecule has 0 unspecified atom stereocenters. The van der Waals surface area contributed by atoms with Gasteiger partial charge in [0.2, 0.25) is 0 Å². The molecule has 2 N–H and O–H groups in total. The van der Waals surface area contributed by atoms with Gasteiger partial charge in [0.15, 0.2) is 0 Å². The van der Waals surface area contributed by atoms with Crippen molar-refractivity contribution in [1.29, 1.82) is 0 Å². The molecule has 0 amide bonds. The maximum absolute atomic E-state index is 5.64. The lowest BCUT2D eigenvalue weighted by Gasteiger charge is -2.17. The molecule has 0 atom stereocenters. The zero-order chi connectivity index (χ0) is 9.68. The summed E-state index contributed by atoms with van der Waals surface area (Å²) in [6, 6.07) is 0.558. The summed E-state index contributed by atoms with van der Waals surface area (Å²) in [5.74, 6) is 0. The van der Waals surface area contributed by atoms with Crippen LogP contribution < -0.4 is 5.73 Å². The van der Waals surface area contributed by atoms with E-state index in [1.807, 2.05) is 20.1 Å². The van der Waals surface area contributed by atoms with Crippen molar-refractivity contribution in [2.45, 2.75) is 52.0 Å². The number of hydrogen-bond donors (Lipinski definition) is 1. The summed E-state index contributed by atoms with van der Waals surface area (Å²) in [5, 5.41) is 0. The van der Waals surface area contributed by atoms with Crippen LogP contribution in [-0.2, 0) is 0 Å². The number of nitrogens with two attached hydrogens (primary N) is 1. The molecule has 1 aliphatic rings. The quantitative estimate of drug-likeness (QED) is 0.652. The van der Waals surface area contributed by atoms with Crippen molar-refractivity contribution in [3.8, 4) is 0 Å². The smallest absolute Gasteiger partial charge is 0.0499 e. The van der Waals surface area contributed by atoms with Crippen LogP contribution >= 0.6 is 0 Å². The summed E-state index contributed by atoms with van der Waals surface area (Å²) in [6.07, 6.45) is 8.52. The van der Waals surface area contributed by atoms with Crippen molar-refractivity contribution in [1.82, 2.24) is 0 Å². The molecule has 0 heterocycles. The monoisotopic (exact) mass is 180 g/mol. The van der Waals surface area contributed by atoms with E-state index in [1.54, 1.807) is 0 Å². The van der Waals surface area contributed by atoms with Crippen LogP contribution in [0.4, 0.5) is 0 Å². The molecule has 1 rings (SSSR count). The summed E-state index contributed by atoms with van der Waals surface area (Å²) in [4.78, 5) is 4.54. The Bertz CT molecular complexity index is 206. The average Bonchev–Trinajstić information content (AvgIpc) is 2.15. The van der Waals surface area contributed by atoms with E-state index in [4.69, 9.17) is 5.73 Å². The van der Waals surface area contributed by atoms with Crippen LogP contribution in [0.1, 0.15) is 46.0 Å². The predicted octanol–water partition coefficient (Wildman–Crippen LogP) is 2.64. The van der Waals surface area contributed by atoms with Gasteiger partial charge in [0.1, 0.15) is 0 Å². The molecule has 0 aromatic heterocycles. The van der Waals surface area contributed by atoms with E-state index in [1.165, 1.54) is 32.1 Å². The highest BCUT2D eigenvalue weighted by Crippen LogP contribution is 2.20. The maximum atomic E-state index is 5.64. The lowest BCUT2D eigenvalue weighted by molar-refractivity contribution is 0.444. The van der Waals surface area contributed by atoms with E-state index in [0.29, 0.717) is 6.04 Å². The van der Waals surface area contributed by atoms with E-state index >= 15 is 0 Å². The molecule has 2 heteroatoms. The molecule has 1 aliphatic carbocycles. The molecule has 13 heavy (non-hydrogen) atoms. The van der Waals surface area contributed by atoms with Gasteiger partial charge in [0, 0.05) is 18.0 Å². The fraction of sp³-hybridized carbons (Fsp3) is 0.727. The second-order valence-electron chi connectivity index (χ2n) is 3.94. The Morgan fingerprint density at radius 3 is 2.38 bits per heavy atom. The standard InChI is InChI=1S/C11H20N2/c1-9(10(2)12)8-13-11-6-4-3-5-7-11/h8,11H,3-7,12H2,1-2H3/b10-9-,13-8?. The summed E-state index contributed by atoms with van der Waals surface area (Å²) >= 11 is 0. The summed E-state index contributed by atoms with van der Waals surface area (Å²) < 4.78 is 0. The van der Waals surface area contributed by atoms with E-state index in [-0.39, 0.29) is 0 Å². The minimum atomic E-state index is 0.558. The van der Waals surface area contributed by atoms with Gasteiger partial charge in [-0.15, -0.1) is 0 Å². The lowest BCUT2D eigenvalue weighted by atomic mass is 9.96. The Morgan fingerprint density at radius 1 is 1.23 bits per heavy atom. The summed E-state index contributed by atoms with van der Waals surface area (Å²) in [7, 11) is 0. The first-order chi connectivity index (χ1) is 6.20. The maximum Gasteiger partial charge on any atom is 0.0499 e. The number of allylic oxidation sites excluding steroid dienone is 2. The second-order valence-corrected chi connectivity index (χ2v) is 3.94. The van der Waals surface area contributed by atoms with E-state index in [0.717, 1.165) is 11.3 Å². The molecule has 0 spiro atoms. The first kappa shape index (κ1) is 10.3. The van der Waals surface area contributed by atoms with Gasteiger partial charge in [-0.25, -0.2) is 0 Å². The lowest BCUT2D eigenvalue weighted by Crippen LogP contribution is -2.10. The molecule has 1 saturated carbocycles. The van der Waals surface area contributed by atoms with Gasteiger partial charge in [-0.1, -0.05) is 19.3 Å². The fourth-order valence-electron chi connectivity index (χ4n) is 1.55. The molecule has 2 nitrogen and oxygen atoms in total.